The van der Waals surface area contributed by atoms with Gasteiger partial charge in [-0.15, -0.1) is 0 Å². The van der Waals surface area contributed by atoms with Gasteiger partial charge in [0.15, 0.2) is 22.9 Å². The molecule has 2 aromatic heterocycles. The number of nitro benzene ring substituents is 1. The second kappa shape index (κ2) is 14.1. The van der Waals surface area contributed by atoms with Gasteiger partial charge in [-0.2, -0.15) is 0 Å². The summed E-state index contributed by atoms with van der Waals surface area (Å²) in [6, 6.07) is 12.3. The number of hydrogen-bond acceptors (Lipinski definition) is 11. The first kappa shape index (κ1) is 33.9. The van der Waals surface area contributed by atoms with Crippen molar-refractivity contribution in [2.75, 3.05) is 26.9 Å². The summed E-state index contributed by atoms with van der Waals surface area (Å²) in [5.41, 5.74) is 3.71. The minimum absolute atomic E-state index is 0.0295. The van der Waals surface area contributed by atoms with Crippen LogP contribution in [-0.4, -0.2) is 52.9 Å². The molecule has 5 rings (SSSR count). The average molecular weight is 675 g/mol. The summed E-state index contributed by atoms with van der Waals surface area (Å²) in [7, 11) is 1.26. The van der Waals surface area contributed by atoms with Gasteiger partial charge in [0.05, 0.1) is 52.8 Å². The van der Waals surface area contributed by atoms with Gasteiger partial charge in [-0.1, -0.05) is 23.5 Å². The zero-order valence-corrected chi connectivity index (χ0v) is 28.1. The fourth-order valence-electron chi connectivity index (χ4n) is 5.60. The molecule has 0 saturated carbocycles. The number of ether oxygens (including phenoxy) is 4. The lowest BCUT2D eigenvalue weighted by atomic mass is 9.95. The number of carbonyl (C=O) groups is 2. The highest BCUT2D eigenvalue weighted by Gasteiger charge is 2.34. The fraction of sp³-hybridized carbons (Fsp3) is 0.294. The zero-order chi connectivity index (χ0) is 34.7. The van der Waals surface area contributed by atoms with Crippen LogP contribution >= 0.6 is 11.3 Å². The van der Waals surface area contributed by atoms with E-state index in [0.717, 1.165) is 17.0 Å². The Hall–Kier alpha value is -5.50. The number of thiazole rings is 1. The molecule has 0 radical (unpaired) electrons. The number of esters is 2. The van der Waals surface area contributed by atoms with Gasteiger partial charge in [-0.3, -0.25) is 19.5 Å². The van der Waals surface area contributed by atoms with Crippen molar-refractivity contribution < 1.29 is 33.5 Å². The summed E-state index contributed by atoms with van der Waals surface area (Å²) in [6.07, 6.45) is 1.76. The molecule has 1 aliphatic rings. The van der Waals surface area contributed by atoms with Crippen LogP contribution in [-0.2, 0) is 19.1 Å². The second-order valence-corrected chi connectivity index (χ2v) is 11.8. The number of benzene rings is 2. The molecule has 0 saturated heterocycles. The second-order valence-electron chi connectivity index (χ2n) is 10.7. The predicted octanol–water partition coefficient (Wildman–Crippen LogP) is 4.06. The van der Waals surface area contributed by atoms with Gasteiger partial charge >= 0.3 is 11.9 Å². The van der Waals surface area contributed by atoms with E-state index in [4.69, 9.17) is 14.2 Å². The van der Waals surface area contributed by atoms with Crippen LogP contribution in [0.5, 0.6) is 11.5 Å². The highest BCUT2D eigenvalue weighted by Crippen LogP contribution is 2.36. The van der Waals surface area contributed by atoms with Crippen molar-refractivity contribution in [3.8, 4) is 17.2 Å². The molecule has 1 aliphatic heterocycles. The standard InChI is InChI=1S/C34H34N4O9S/c1-7-45-27-15-22(12-13-26(27)47-18-29(39)44-6)31-30(33(41)46-8-2)20(4)35-34-37(31)32(40)28(48-34)16-23-14-19(3)36(21(23)5)24-10-9-11-25(17-24)38(42)43/h9-17,31H,7-8,18H2,1-6H3/b28-16-/t31-/m0/s1. The fourth-order valence-corrected chi connectivity index (χ4v) is 6.64. The number of methoxy groups -OCH3 is 1. The number of aromatic nitrogens is 2. The number of allylic oxidation sites excluding steroid dienone is 1. The molecular weight excluding hydrogens is 640 g/mol. The van der Waals surface area contributed by atoms with E-state index in [0.29, 0.717) is 32.0 Å². The van der Waals surface area contributed by atoms with E-state index in [1.807, 2.05) is 24.5 Å². The van der Waals surface area contributed by atoms with Gasteiger partial charge in [-0.05, 0) is 76.1 Å². The number of non-ortho nitro benzene ring substituents is 1. The number of hydrogen-bond donors (Lipinski definition) is 0. The maximum absolute atomic E-state index is 14.2. The van der Waals surface area contributed by atoms with Gasteiger partial charge in [0.25, 0.3) is 11.2 Å². The number of aryl methyl sites for hydroxylation is 1. The first-order valence-corrected chi connectivity index (χ1v) is 15.9. The third-order valence-electron chi connectivity index (χ3n) is 7.73. The van der Waals surface area contributed by atoms with Crippen LogP contribution in [0.4, 0.5) is 5.69 Å². The monoisotopic (exact) mass is 674 g/mol. The number of rotatable bonds is 11. The van der Waals surface area contributed by atoms with E-state index in [-0.39, 0.29) is 42.4 Å². The third kappa shape index (κ3) is 6.51. The molecule has 3 heterocycles. The van der Waals surface area contributed by atoms with E-state index < -0.39 is 22.9 Å². The number of fused-ring (bicyclic) bond motifs is 1. The summed E-state index contributed by atoms with van der Waals surface area (Å²) in [4.78, 5) is 55.3. The molecule has 0 aliphatic carbocycles. The summed E-state index contributed by atoms with van der Waals surface area (Å²) < 4.78 is 25.3. The van der Waals surface area contributed by atoms with Crippen LogP contribution in [0.25, 0.3) is 11.8 Å². The van der Waals surface area contributed by atoms with Crippen LogP contribution in [0.1, 0.15) is 49.3 Å². The van der Waals surface area contributed by atoms with Gasteiger partial charge in [-0.25, -0.2) is 14.6 Å². The van der Waals surface area contributed by atoms with Gasteiger partial charge in [0.1, 0.15) is 0 Å². The van der Waals surface area contributed by atoms with Crippen LogP contribution in [0.2, 0.25) is 0 Å². The lowest BCUT2D eigenvalue weighted by Crippen LogP contribution is -2.40. The summed E-state index contributed by atoms with van der Waals surface area (Å²) in [5, 5.41) is 11.4. The van der Waals surface area contributed by atoms with E-state index >= 15 is 0 Å². The molecule has 4 aromatic rings. The molecule has 48 heavy (non-hydrogen) atoms. The molecule has 1 atom stereocenters. The Morgan fingerprint density at radius 1 is 1.04 bits per heavy atom. The minimum atomic E-state index is -0.909. The van der Waals surface area contributed by atoms with Crippen molar-refractivity contribution in [3.05, 3.63) is 112 Å². The van der Waals surface area contributed by atoms with Crippen molar-refractivity contribution in [2.24, 2.45) is 4.99 Å². The molecule has 0 unspecified atom stereocenters. The zero-order valence-electron chi connectivity index (χ0n) is 27.3. The predicted molar refractivity (Wildman–Crippen MR) is 177 cm³/mol. The highest BCUT2D eigenvalue weighted by atomic mass is 32.1. The maximum Gasteiger partial charge on any atom is 0.343 e. The number of nitro groups is 1. The summed E-state index contributed by atoms with van der Waals surface area (Å²) in [5.74, 6) is -0.575. The lowest BCUT2D eigenvalue weighted by Gasteiger charge is -2.25. The quantitative estimate of drug-likeness (QED) is 0.130. The van der Waals surface area contributed by atoms with Gasteiger partial charge in [0.2, 0.25) is 0 Å². The molecule has 0 spiro atoms. The van der Waals surface area contributed by atoms with Crippen molar-refractivity contribution >= 4 is 35.0 Å². The minimum Gasteiger partial charge on any atom is -0.490 e. The van der Waals surface area contributed by atoms with Crippen molar-refractivity contribution in [1.29, 1.82) is 0 Å². The number of carbonyl (C=O) groups excluding carboxylic acids is 2. The van der Waals surface area contributed by atoms with Gasteiger partial charge < -0.3 is 23.5 Å². The maximum atomic E-state index is 14.2. The van der Waals surface area contributed by atoms with E-state index in [9.17, 15) is 24.5 Å². The summed E-state index contributed by atoms with van der Waals surface area (Å²) >= 11 is 1.18. The Labute approximate surface area is 279 Å². The largest absolute Gasteiger partial charge is 0.490 e. The Morgan fingerprint density at radius 3 is 2.50 bits per heavy atom. The molecule has 0 N–H and O–H groups in total. The Morgan fingerprint density at radius 2 is 1.81 bits per heavy atom. The smallest absolute Gasteiger partial charge is 0.343 e. The molecule has 250 valence electrons. The lowest BCUT2D eigenvalue weighted by molar-refractivity contribution is -0.384. The van der Waals surface area contributed by atoms with E-state index in [2.05, 4.69) is 9.73 Å². The molecule has 0 fully saturated rings. The first-order chi connectivity index (χ1) is 23.0. The van der Waals surface area contributed by atoms with Crippen LogP contribution < -0.4 is 24.4 Å². The normalized spacial score (nSPS) is 14.3. The Bertz CT molecular complexity index is 2140. The van der Waals surface area contributed by atoms with Crippen LogP contribution in [0.15, 0.2) is 69.6 Å². The van der Waals surface area contributed by atoms with Crippen LogP contribution in [0.3, 0.4) is 0 Å². The SMILES string of the molecule is CCOC(=O)C1=C(C)N=c2s/c(=C\c3cc(C)n(-c4cccc([N+](=O)[O-])c4)c3C)c(=O)n2[C@H]1c1ccc(OCC(=O)OC)c(OCC)c1. The highest BCUT2D eigenvalue weighted by molar-refractivity contribution is 7.07. The van der Waals surface area contributed by atoms with E-state index in [1.54, 1.807) is 57.2 Å². The Balaban J connectivity index is 1.66. The average Bonchev–Trinajstić information content (AvgIpc) is 3.52. The van der Waals surface area contributed by atoms with Crippen LogP contribution in [0, 0.1) is 24.0 Å². The topological polar surface area (TPSA) is 153 Å². The molecule has 2 aromatic carbocycles. The van der Waals surface area contributed by atoms with E-state index in [1.165, 1.54) is 35.1 Å². The number of nitrogens with zero attached hydrogens (tertiary/aromatic N) is 4. The van der Waals surface area contributed by atoms with Crippen molar-refractivity contribution in [3.63, 3.8) is 0 Å². The molecular formula is C34H34N4O9S. The molecule has 0 bridgehead atoms. The van der Waals surface area contributed by atoms with Crippen molar-refractivity contribution in [1.82, 2.24) is 9.13 Å². The molecule has 14 heteroatoms. The molecule has 0 amide bonds. The van der Waals surface area contributed by atoms with Crippen molar-refractivity contribution in [2.45, 2.75) is 40.7 Å². The summed E-state index contributed by atoms with van der Waals surface area (Å²) in [6.45, 7) is 9.02. The van der Waals surface area contributed by atoms with Gasteiger partial charge in [0, 0.05) is 23.5 Å². The first-order valence-electron chi connectivity index (χ1n) is 15.1. The third-order valence-corrected chi connectivity index (χ3v) is 8.71. The molecule has 13 nitrogen and oxygen atoms in total. The Kier molecular flexibility index (Phi) is 9.94.